The summed E-state index contributed by atoms with van der Waals surface area (Å²) in [5, 5.41) is 14.3. The van der Waals surface area contributed by atoms with Crippen molar-refractivity contribution in [2.75, 3.05) is 6.61 Å². The van der Waals surface area contributed by atoms with Crippen LogP contribution in [0.15, 0.2) is 28.7 Å². The summed E-state index contributed by atoms with van der Waals surface area (Å²) < 4.78 is 0.979. The minimum atomic E-state index is -0.279. The van der Waals surface area contributed by atoms with Gasteiger partial charge >= 0.3 is 6.03 Å². The van der Waals surface area contributed by atoms with Gasteiger partial charge in [0, 0.05) is 4.47 Å². The Balaban J connectivity index is 2.54. The first-order valence-corrected chi connectivity index (χ1v) is 6.25. The van der Waals surface area contributed by atoms with Crippen molar-refractivity contribution in [3.05, 3.63) is 34.3 Å². The molecule has 2 unspecified atom stereocenters. The molecule has 0 aliphatic carbocycles. The summed E-state index contributed by atoms with van der Waals surface area (Å²) in [6.07, 6.45) is 0. The van der Waals surface area contributed by atoms with Crippen molar-refractivity contribution < 1.29 is 9.90 Å². The molecule has 1 rings (SSSR count). The van der Waals surface area contributed by atoms with Gasteiger partial charge in [-0.2, -0.15) is 0 Å². The van der Waals surface area contributed by atoms with Crippen molar-refractivity contribution in [3.63, 3.8) is 0 Å². The molecule has 0 fully saturated rings. The lowest BCUT2D eigenvalue weighted by molar-refractivity contribution is 0.218. The van der Waals surface area contributed by atoms with E-state index in [4.69, 9.17) is 5.11 Å². The first-order valence-electron chi connectivity index (χ1n) is 5.46. The highest BCUT2D eigenvalue weighted by Gasteiger charge is 2.11. The summed E-state index contributed by atoms with van der Waals surface area (Å²) in [6.45, 7) is 3.58. The zero-order valence-electron chi connectivity index (χ0n) is 9.90. The van der Waals surface area contributed by atoms with Crippen molar-refractivity contribution >= 4 is 22.0 Å². The molecule has 0 radical (unpaired) electrons. The Kier molecular flexibility index (Phi) is 5.44. The van der Waals surface area contributed by atoms with E-state index in [9.17, 15) is 4.79 Å². The Morgan fingerprint density at radius 1 is 1.41 bits per heavy atom. The molecule has 0 saturated heterocycles. The van der Waals surface area contributed by atoms with Gasteiger partial charge in [-0.1, -0.05) is 28.1 Å². The second kappa shape index (κ2) is 6.61. The van der Waals surface area contributed by atoms with Crippen LogP contribution in [-0.2, 0) is 0 Å². The largest absolute Gasteiger partial charge is 0.394 e. The Bertz CT molecular complexity index is 385. The maximum Gasteiger partial charge on any atom is 0.315 e. The van der Waals surface area contributed by atoms with Gasteiger partial charge in [0.05, 0.1) is 18.7 Å². The number of rotatable bonds is 4. The van der Waals surface area contributed by atoms with E-state index in [2.05, 4.69) is 26.6 Å². The number of hydrogen-bond donors (Lipinski definition) is 3. The summed E-state index contributed by atoms with van der Waals surface area (Å²) in [5.74, 6) is 0. The molecule has 2 amide bonds. The van der Waals surface area contributed by atoms with Crippen molar-refractivity contribution in [2.45, 2.75) is 25.9 Å². The first kappa shape index (κ1) is 14.0. The number of halogens is 1. The quantitative estimate of drug-likeness (QED) is 0.798. The number of urea groups is 1. The maximum absolute atomic E-state index is 11.5. The molecule has 1 aromatic carbocycles. The van der Waals surface area contributed by atoms with Crippen molar-refractivity contribution in [1.82, 2.24) is 10.6 Å². The van der Waals surface area contributed by atoms with E-state index in [-0.39, 0.29) is 24.7 Å². The number of carbonyl (C=O) groups excluding carboxylic acids is 1. The molecule has 94 valence electrons. The smallest absolute Gasteiger partial charge is 0.315 e. The number of benzene rings is 1. The van der Waals surface area contributed by atoms with Gasteiger partial charge in [-0.05, 0) is 31.5 Å². The van der Waals surface area contributed by atoms with Crippen molar-refractivity contribution in [1.29, 1.82) is 0 Å². The Labute approximate surface area is 110 Å². The standard InChI is InChI=1S/C12H17BrN2O2/c1-8(7-16)14-12(17)15-9(2)10-4-3-5-11(13)6-10/h3-6,8-9,16H,7H2,1-2H3,(H2,14,15,17). The lowest BCUT2D eigenvalue weighted by Gasteiger charge is -2.17. The van der Waals surface area contributed by atoms with Gasteiger partial charge in [0.1, 0.15) is 0 Å². The third-order valence-corrected chi connectivity index (χ3v) is 2.84. The van der Waals surface area contributed by atoms with Gasteiger partial charge in [-0.15, -0.1) is 0 Å². The molecule has 0 saturated carbocycles. The maximum atomic E-state index is 11.5. The highest BCUT2D eigenvalue weighted by molar-refractivity contribution is 9.10. The van der Waals surface area contributed by atoms with E-state index in [0.29, 0.717) is 0 Å². The van der Waals surface area contributed by atoms with Crippen LogP contribution in [0, 0.1) is 0 Å². The summed E-state index contributed by atoms with van der Waals surface area (Å²) in [6, 6.07) is 7.16. The van der Waals surface area contributed by atoms with Crippen LogP contribution in [0.2, 0.25) is 0 Å². The van der Waals surface area contributed by atoms with Gasteiger partial charge < -0.3 is 15.7 Å². The molecule has 2 atom stereocenters. The molecular formula is C12H17BrN2O2. The minimum absolute atomic E-state index is 0.0707. The number of aliphatic hydroxyl groups is 1. The second-order valence-corrected chi connectivity index (χ2v) is 4.89. The van der Waals surface area contributed by atoms with Gasteiger partial charge in [0.15, 0.2) is 0 Å². The Morgan fingerprint density at radius 3 is 2.71 bits per heavy atom. The van der Waals surface area contributed by atoms with E-state index in [0.717, 1.165) is 10.0 Å². The van der Waals surface area contributed by atoms with Crippen molar-refractivity contribution in [2.24, 2.45) is 0 Å². The fraction of sp³-hybridized carbons (Fsp3) is 0.417. The monoisotopic (exact) mass is 300 g/mol. The fourth-order valence-electron chi connectivity index (χ4n) is 1.37. The molecule has 0 bridgehead atoms. The fourth-order valence-corrected chi connectivity index (χ4v) is 1.78. The third-order valence-electron chi connectivity index (χ3n) is 2.35. The van der Waals surface area contributed by atoms with E-state index in [1.807, 2.05) is 31.2 Å². The highest BCUT2D eigenvalue weighted by atomic mass is 79.9. The summed E-state index contributed by atoms with van der Waals surface area (Å²) >= 11 is 3.39. The van der Waals surface area contributed by atoms with Crippen LogP contribution >= 0.6 is 15.9 Å². The normalized spacial score (nSPS) is 13.9. The lowest BCUT2D eigenvalue weighted by Crippen LogP contribution is -2.43. The van der Waals surface area contributed by atoms with E-state index in [1.165, 1.54) is 0 Å². The van der Waals surface area contributed by atoms with Gasteiger partial charge in [0.2, 0.25) is 0 Å². The van der Waals surface area contributed by atoms with Crippen LogP contribution in [0.25, 0.3) is 0 Å². The lowest BCUT2D eigenvalue weighted by atomic mass is 10.1. The number of carbonyl (C=O) groups is 1. The van der Waals surface area contributed by atoms with Crippen LogP contribution in [0.1, 0.15) is 25.5 Å². The van der Waals surface area contributed by atoms with Crippen LogP contribution < -0.4 is 10.6 Å². The van der Waals surface area contributed by atoms with Crippen LogP contribution in [-0.4, -0.2) is 23.8 Å². The molecule has 0 aliphatic heterocycles. The number of amides is 2. The summed E-state index contributed by atoms with van der Waals surface area (Å²) in [7, 11) is 0. The Morgan fingerprint density at radius 2 is 2.12 bits per heavy atom. The SMILES string of the molecule is CC(CO)NC(=O)NC(C)c1cccc(Br)c1. The van der Waals surface area contributed by atoms with Crippen LogP contribution in [0.4, 0.5) is 4.79 Å². The zero-order valence-corrected chi connectivity index (χ0v) is 11.5. The van der Waals surface area contributed by atoms with E-state index < -0.39 is 0 Å². The third kappa shape index (κ3) is 4.75. The number of hydrogen-bond acceptors (Lipinski definition) is 2. The predicted octanol–water partition coefficient (Wildman–Crippen LogP) is 2.19. The molecule has 4 nitrogen and oxygen atoms in total. The van der Waals surface area contributed by atoms with Crippen LogP contribution in [0.5, 0.6) is 0 Å². The number of nitrogens with one attached hydrogen (secondary N) is 2. The molecule has 0 spiro atoms. The minimum Gasteiger partial charge on any atom is -0.394 e. The predicted molar refractivity (Wildman–Crippen MR) is 70.8 cm³/mol. The topological polar surface area (TPSA) is 61.4 Å². The van der Waals surface area contributed by atoms with E-state index in [1.54, 1.807) is 6.92 Å². The molecule has 3 N–H and O–H groups in total. The molecule has 17 heavy (non-hydrogen) atoms. The molecular weight excluding hydrogens is 284 g/mol. The second-order valence-electron chi connectivity index (χ2n) is 3.98. The average molecular weight is 301 g/mol. The average Bonchev–Trinajstić information content (AvgIpc) is 2.28. The molecule has 0 aromatic heterocycles. The summed E-state index contributed by atoms with van der Waals surface area (Å²) in [5.41, 5.74) is 1.02. The van der Waals surface area contributed by atoms with Gasteiger partial charge in [-0.3, -0.25) is 0 Å². The molecule has 0 aliphatic rings. The van der Waals surface area contributed by atoms with Crippen molar-refractivity contribution in [3.8, 4) is 0 Å². The Hall–Kier alpha value is -1.07. The summed E-state index contributed by atoms with van der Waals surface area (Å²) in [4.78, 5) is 11.5. The highest BCUT2D eigenvalue weighted by Crippen LogP contribution is 2.17. The van der Waals surface area contributed by atoms with Crippen LogP contribution in [0.3, 0.4) is 0 Å². The first-order chi connectivity index (χ1) is 8.02. The van der Waals surface area contributed by atoms with Gasteiger partial charge in [-0.25, -0.2) is 4.79 Å². The zero-order chi connectivity index (χ0) is 12.8. The van der Waals surface area contributed by atoms with Gasteiger partial charge in [0.25, 0.3) is 0 Å². The number of aliphatic hydroxyl groups excluding tert-OH is 1. The molecule has 5 heteroatoms. The van der Waals surface area contributed by atoms with E-state index >= 15 is 0 Å². The molecule has 0 heterocycles. The molecule has 1 aromatic rings.